The molecule has 4 heteroatoms. The summed E-state index contributed by atoms with van der Waals surface area (Å²) < 4.78 is 5.57. The molecule has 0 unspecified atom stereocenters. The smallest absolute Gasteiger partial charge is 0.157 e. The Hall–Kier alpha value is -0.220. The first-order valence-corrected chi connectivity index (χ1v) is 8.72. The van der Waals surface area contributed by atoms with Gasteiger partial charge in [-0.3, -0.25) is 4.99 Å². The standard InChI is InChI=1S/C15H28N2OS/c1-13(2)11-18-10-6-9-16-14-17-15(12-19-14)7-4-3-5-8-15/h13H,3-12H2,1-2H3,(H,16,17). The summed E-state index contributed by atoms with van der Waals surface area (Å²) in [6.45, 7) is 6.97. The second-order valence-electron chi connectivity index (χ2n) is 6.26. The minimum atomic E-state index is 0.385. The number of nitrogens with zero attached hydrogens (tertiary/aromatic N) is 1. The van der Waals surface area contributed by atoms with Gasteiger partial charge in [-0.05, 0) is 25.2 Å². The average Bonchev–Trinajstić information content (AvgIpc) is 2.77. The van der Waals surface area contributed by atoms with E-state index in [-0.39, 0.29) is 0 Å². The van der Waals surface area contributed by atoms with Gasteiger partial charge in [-0.2, -0.15) is 0 Å². The summed E-state index contributed by atoms with van der Waals surface area (Å²) >= 11 is 1.91. The van der Waals surface area contributed by atoms with Gasteiger partial charge in [-0.25, -0.2) is 0 Å². The molecular formula is C15H28N2OS. The van der Waals surface area contributed by atoms with Crippen molar-refractivity contribution in [3.05, 3.63) is 0 Å². The van der Waals surface area contributed by atoms with E-state index in [1.165, 1.54) is 43.0 Å². The van der Waals surface area contributed by atoms with Gasteiger partial charge in [0.15, 0.2) is 5.17 Å². The van der Waals surface area contributed by atoms with Crippen LogP contribution in [0.3, 0.4) is 0 Å². The van der Waals surface area contributed by atoms with Crippen LogP contribution in [0.4, 0.5) is 0 Å². The summed E-state index contributed by atoms with van der Waals surface area (Å²) in [6, 6.07) is 0. The summed E-state index contributed by atoms with van der Waals surface area (Å²) in [7, 11) is 0. The van der Waals surface area contributed by atoms with Crippen molar-refractivity contribution >= 4 is 16.9 Å². The number of hydrogen-bond donors (Lipinski definition) is 1. The third-order valence-electron chi connectivity index (χ3n) is 3.82. The normalized spacial score (nSPS) is 24.3. The van der Waals surface area contributed by atoms with Gasteiger partial charge in [0, 0.05) is 31.1 Å². The Labute approximate surface area is 122 Å². The van der Waals surface area contributed by atoms with E-state index >= 15 is 0 Å². The fourth-order valence-electron chi connectivity index (χ4n) is 2.75. The molecule has 1 saturated carbocycles. The molecule has 0 radical (unpaired) electrons. The topological polar surface area (TPSA) is 33.6 Å². The Morgan fingerprint density at radius 2 is 2.11 bits per heavy atom. The molecule has 0 aromatic rings. The largest absolute Gasteiger partial charge is 0.381 e. The van der Waals surface area contributed by atoms with Gasteiger partial charge < -0.3 is 10.1 Å². The van der Waals surface area contributed by atoms with E-state index in [1.807, 2.05) is 11.8 Å². The van der Waals surface area contributed by atoms with Crippen molar-refractivity contribution in [2.75, 3.05) is 25.5 Å². The van der Waals surface area contributed by atoms with Crippen molar-refractivity contribution in [3.8, 4) is 0 Å². The van der Waals surface area contributed by atoms with Crippen LogP contribution < -0.4 is 5.32 Å². The molecule has 0 aromatic heterocycles. The van der Waals surface area contributed by atoms with E-state index < -0.39 is 0 Å². The molecule has 1 saturated heterocycles. The molecule has 3 nitrogen and oxygen atoms in total. The lowest BCUT2D eigenvalue weighted by Crippen LogP contribution is -2.45. The number of rotatable bonds is 6. The van der Waals surface area contributed by atoms with Gasteiger partial charge >= 0.3 is 0 Å². The van der Waals surface area contributed by atoms with Crippen molar-refractivity contribution in [2.45, 2.75) is 57.9 Å². The molecule has 110 valence electrons. The van der Waals surface area contributed by atoms with Gasteiger partial charge in [0.25, 0.3) is 0 Å². The monoisotopic (exact) mass is 284 g/mol. The lowest BCUT2D eigenvalue weighted by molar-refractivity contribution is 0.109. The van der Waals surface area contributed by atoms with E-state index in [2.05, 4.69) is 24.2 Å². The highest BCUT2D eigenvalue weighted by molar-refractivity contribution is 8.14. The molecule has 0 aromatic carbocycles. The predicted octanol–water partition coefficient (Wildman–Crippen LogP) is 3.44. The summed E-state index contributed by atoms with van der Waals surface area (Å²) in [4.78, 5) is 4.68. The maximum Gasteiger partial charge on any atom is 0.157 e. The van der Waals surface area contributed by atoms with E-state index in [9.17, 15) is 0 Å². The van der Waals surface area contributed by atoms with Crippen molar-refractivity contribution < 1.29 is 4.74 Å². The second-order valence-corrected chi connectivity index (χ2v) is 7.23. The average molecular weight is 284 g/mol. The van der Waals surface area contributed by atoms with Crippen molar-refractivity contribution in [1.29, 1.82) is 0 Å². The molecule has 0 atom stereocenters. The molecule has 2 aliphatic rings. The molecule has 1 N–H and O–H groups in total. The minimum absolute atomic E-state index is 0.385. The number of hydrogen-bond acceptors (Lipinski definition) is 3. The van der Waals surface area contributed by atoms with Crippen LogP contribution >= 0.6 is 11.8 Å². The van der Waals surface area contributed by atoms with Crippen LogP contribution in [0.15, 0.2) is 4.99 Å². The highest BCUT2D eigenvalue weighted by atomic mass is 32.2. The van der Waals surface area contributed by atoms with Crippen LogP contribution in [-0.2, 0) is 4.74 Å². The fraction of sp³-hybridized carbons (Fsp3) is 0.933. The Kier molecular flexibility index (Phi) is 6.02. The van der Waals surface area contributed by atoms with E-state index in [0.717, 1.165) is 26.2 Å². The maximum absolute atomic E-state index is 5.57. The SMILES string of the molecule is CC(C)COCCCN=C1NC2(CCCCC2)CS1. The van der Waals surface area contributed by atoms with Crippen LogP contribution in [0, 0.1) is 5.92 Å². The van der Waals surface area contributed by atoms with Crippen molar-refractivity contribution in [2.24, 2.45) is 10.9 Å². The van der Waals surface area contributed by atoms with Crippen molar-refractivity contribution in [1.82, 2.24) is 5.32 Å². The van der Waals surface area contributed by atoms with E-state index in [0.29, 0.717) is 11.5 Å². The molecule has 1 spiro atoms. The highest BCUT2D eigenvalue weighted by Crippen LogP contribution is 2.36. The third kappa shape index (κ3) is 4.99. The maximum atomic E-state index is 5.57. The summed E-state index contributed by atoms with van der Waals surface area (Å²) in [5, 5.41) is 4.86. The van der Waals surface area contributed by atoms with Gasteiger partial charge in [0.2, 0.25) is 0 Å². The zero-order valence-corrected chi connectivity index (χ0v) is 13.2. The zero-order valence-electron chi connectivity index (χ0n) is 12.4. The third-order valence-corrected chi connectivity index (χ3v) is 5.02. The van der Waals surface area contributed by atoms with E-state index in [1.54, 1.807) is 0 Å². The van der Waals surface area contributed by atoms with Crippen molar-refractivity contribution in [3.63, 3.8) is 0 Å². The summed E-state index contributed by atoms with van der Waals surface area (Å²) in [6.07, 6.45) is 7.86. The van der Waals surface area contributed by atoms with Gasteiger partial charge in [0.1, 0.15) is 0 Å². The fourth-order valence-corrected chi connectivity index (χ4v) is 4.00. The number of aliphatic imine (C=N–C) groups is 1. The molecule has 2 rings (SSSR count). The molecule has 0 bridgehead atoms. The lowest BCUT2D eigenvalue weighted by Gasteiger charge is -2.32. The van der Waals surface area contributed by atoms with Crippen LogP contribution in [0.1, 0.15) is 52.4 Å². The minimum Gasteiger partial charge on any atom is -0.381 e. The molecule has 1 heterocycles. The first-order chi connectivity index (χ1) is 9.20. The number of nitrogens with one attached hydrogen (secondary N) is 1. The summed E-state index contributed by atoms with van der Waals surface area (Å²) in [5.41, 5.74) is 0.385. The Morgan fingerprint density at radius 1 is 1.32 bits per heavy atom. The molecule has 2 fully saturated rings. The molecule has 1 aliphatic carbocycles. The van der Waals surface area contributed by atoms with Gasteiger partial charge in [0.05, 0.1) is 0 Å². The van der Waals surface area contributed by atoms with Crippen LogP contribution in [0.2, 0.25) is 0 Å². The molecular weight excluding hydrogens is 256 g/mol. The van der Waals surface area contributed by atoms with E-state index in [4.69, 9.17) is 4.74 Å². The first-order valence-electron chi connectivity index (χ1n) is 7.73. The molecule has 0 amide bonds. The zero-order chi connectivity index (χ0) is 13.6. The predicted molar refractivity (Wildman–Crippen MR) is 84.0 cm³/mol. The number of ether oxygens (including phenoxy) is 1. The molecule has 1 aliphatic heterocycles. The highest BCUT2D eigenvalue weighted by Gasteiger charge is 2.37. The lowest BCUT2D eigenvalue weighted by atomic mass is 9.83. The summed E-state index contributed by atoms with van der Waals surface area (Å²) in [5.74, 6) is 1.85. The quantitative estimate of drug-likeness (QED) is 0.759. The van der Waals surface area contributed by atoms with Gasteiger partial charge in [-0.1, -0.05) is 44.9 Å². The van der Waals surface area contributed by atoms with Crippen LogP contribution in [0.25, 0.3) is 0 Å². The Balaban J connectivity index is 1.62. The van der Waals surface area contributed by atoms with Crippen LogP contribution in [-0.4, -0.2) is 36.2 Å². The number of amidine groups is 1. The molecule has 19 heavy (non-hydrogen) atoms. The van der Waals surface area contributed by atoms with Gasteiger partial charge in [-0.15, -0.1) is 0 Å². The second kappa shape index (κ2) is 7.53. The number of thioether (sulfide) groups is 1. The first kappa shape index (κ1) is 15.2. The van der Waals surface area contributed by atoms with Crippen LogP contribution in [0.5, 0.6) is 0 Å². The Bertz CT molecular complexity index is 299. The Morgan fingerprint density at radius 3 is 2.84 bits per heavy atom.